The molecule has 1 N–H and O–H groups in total. The first kappa shape index (κ1) is 19.9. The van der Waals surface area contributed by atoms with Crippen LogP contribution in [-0.4, -0.2) is 42.8 Å². The summed E-state index contributed by atoms with van der Waals surface area (Å²) in [5.74, 6) is -4.23. The molecule has 1 aromatic rings. The number of aromatic carboxylic acids is 1. The van der Waals surface area contributed by atoms with E-state index in [9.17, 15) is 24.3 Å². The monoisotopic (exact) mass is 374 g/mol. The van der Waals surface area contributed by atoms with Crippen LogP contribution in [-0.2, 0) is 23.9 Å². The lowest BCUT2D eigenvalue weighted by Crippen LogP contribution is -2.25. The second-order valence-corrected chi connectivity index (χ2v) is 5.76. The third-order valence-electron chi connectivity index (χ3n) is 4.06. The minimum atomic E-state index is -1.35. The van der Waals surface area contributed by atoms with Gasteiger partial charge in [0.25, 0.3) is 0 Å². The zero-order valence-corrected chi connectivity index (χ0v) is 15.5. The molecule has 0 fully saturated rings. The van der Waals surface area contributed by atoms with E-state index >= 15 is 0 Å². The Hall–Kier alpha value is -3.42. The molecule has 8 nitrogen and oxygen atoms in total. The molecule has 0 aromatic heterocycles. The number of carboxylic acids is 1. The number of carboxylic acid groups (broad SMARTS) is 1. The van der Waals surface area contributed by atoms with Crippen LogP contribution in [0, 0.1) is 6.92 Å². The first-order chi connectivity index (χ1) is 12.6. The van der Waals surface area contributed by atoms with Crippen molar-refractivity contribution in [1.82, 2.24) is 0 Å². The van der Waals surface area contributed by atoms with E-state index in [0.29, 0.717) is 5.56 Å². The number of ether oxygens (including phenoxy) is 3. The van der Waals surface area contributed by atoms with Crippen LogP contribution in [0.25, 0.3) is 5.57 Å². The molecule has 0 aliphatic heterocycles. The number of aryl methyl sites for hydroxylation is 1. The molecule has 0 saturated heterocycles. The summed E-state index contributed by atoms with van der Waals surface area (Å²) in [7, 11) is 2.45. The fourth-order valence-electron chi connectivity index (χ4n) is 2.86. The Kier molecular flexibility index (Phi) is 5.49. The molecule has 1 aliphatic rings. The van der Waals surface area contributed by atoms with Crippen LogP contribution in [0.2, 0.25) is 0 Å². The van der Waals surface area contributed by atoms with Crippen molar-refractivity contribution in [3.63, 3.8) is 0 Å². The molecule has 0 radical (unpaired) electrons. The first-order valence-electron chi connectivity index (χ1n) is 7.83. The molecular weight excluding hydrogens is 356 g/mol. The Labute approximate surface area is 155 Å². The van der Waals surface area contributed by atoms with Gasteiger partial charge in [0.2, 0.25) is 23.1 Å². The Morgan fingerprint density at radius 3 is 2.00 bits per heavy atom. The van der Waals surface area contributed by atoms with Crippen molar-refractivity contribution < 1.29 is 38.5 Å². The van der Waals surface area contributed by atoms with Crippen molar-refractivity contribution in [3.8, 4) is 5.75 Å². The maximum atomic E-state index is 13.0. The zero-order valence-electron chi connectivity index (χ0n) is 15.5. The number of benzene rings is 1. The van der Waals surface area contributed by atoms with Crippen molar-refractivity contribution in [2.45, 2.75) is 20.8 Å². The number of hydrogen-bond donors (Lipinski definition) is 1. The molecule has 27 heavy (non-hydrogen) atoms. The minimum Gasteiger partial charge on any atom is -0.489 e. The van der Waals surface area contributed by atoms with Crippen molar-refractivity contribution in [3.05, 3.63) is 45.9 Å². The fourth-order valence-corrected chi connectivity index (χ4v) is 2.86. The van der Waals surface area contributed by atoms with Crippen LogP contribution in [0.3, 0.4) is 0 Å². The fraction of sp³-hybridized carbons (Fsp3) is 0.263. The molecule has 8 heteroatoms. The van der Waals surface area contributed by atoms with Gasteiger partial charge in [-0.25, -0.2) is 4.79 Å². The van der Waals surface area contributed by atoms with Gasteiger partial charge in [-0.2, -0.15) is 0 Å². The van der Waals surface area contributed by atoms with Crippen molar-refractivity contribution in [2.24, 2.45) is 0 Å². The molecular formula is C19H18O8. The normalized spacial score (nSPS) is 14.4. The number of ketones is 2. The number of esters is 1. The van der Waals surface area contributed by atoms with Gasteiger partial charge in [-0.3, -0.25) is 14.4 Å². The van der Waals surface area contributed by atoms with Gasteiger partial charge in [-0.05, 0) is 25.5 Å². The van der Waals surface area contributed by atoms with Gasteiger partial charge in [0.05, 0.1) is 14.2 Å². The molecule has 0 heterocycles. The van der Waals surface area contributed by atoms with Crippen LogP contribution < -0.4 is 4.74 Å². The molecule has 2 rings (SSSR count). The highest BCUT2D eigenvalue weighted by Crippen LogP contribution is 2.40. The first-order valence-corrected chi connectivity index (χ1v) is 7.83. The van der Waals surface area contributed by atoms with Gasteiger partial charge in [0.1, 0.15) is 5.56 Å². The maximum Gasteiger partial charge on any atom is 0.339 e. The van der Waals surface area contributed by atoms with Crippen LogP contribution in [0.15, 0.2) is 29.2 Å². The van der Waals surface area contributed by atoms with Crippen LogP contribution >= 0.6 is 0 Å². The SMILES string of the molecule is COC1=C(OC)C(=O)C(c2c(C)ccc(C(=O)O)c2OC(C)=O)=C(C)C1=O. The topological polar surface area (TPSA) is 116 Å². The second kappa shape index (κ2) is 7.45. The Balaban J connectivity index is 2.88. The van der Waals surface area contributed by atoms with Gasteiger partial charge in [0, 0.05) is 23.6 Å². The van der Waals surface area contributed by atoms with E-state index in [1.54, 1.807) is 6.92 Å². The second-order valence-electron chi connectivity index (χ2n) is 5.76. The zero-order chi connectivity index (χ0) is 20.5. The number of carbonyl (C=O) groups excluding carboxylic acids is 3. The summed E-state index contributed by atoms with van der Waals surface area (Å²) < 4.78 is 15.2. The number of carbonyl (C=O) groups is 4. The summed E-state index contributed by atoms with van der Waals surface area (Å²) in [5.41, 5.74) is 0.103. The summed E-state index contributed by atoms with van der Waals surface area (Å²) in [5, 5.41) is 9.44. The van der Waals surface area contributed by atoms with Crippen molar-refractivity contribution in [2.75, 3.05) is 14.2 Å². The summed E-state index contributed by atoms with van der Waals surface area (Å²) in [6.45, 7) is 4.12. The number of hydrogen-bond acceptors (Lipinski definition) is 7. The van der Waals surface area contributed by atoms with Gasteiger partial charge in [-0.1, -0.05) is 6.07 Å². The van der Waals surface area contributed by atoms with E-state index in [2.05, 4.69) is 0 Å². The average Bonchev–Trinajstić information content (AvgIpc) is 2.59. The Morgan fingerprint density at radius 2 is 1.52 bits per heavy atom. The van der Waals surface area contributed by atoms with Gasteiger partial charge in [-0.15, -0.1) is 0 Å². The summed E-state index contributed by atoms with van der Waals surface area (Å²) in [6.07, 6.45) is 0. The Morgan fingerprint density at radius 1 is 0.963 bits per heavy atom. The number of Topliss-reactive ketones (excluding diaryl/α,β-unsaturated/α-hetero) is 2. The van der Waals surface area contributed by atoms with E-state index in [0.717, 1.165) is 6.92 Å². The standard InChI is InChI=1S/C19H18O8/c1-8-6-7-11(19(23)24)16(27-10(3)20)12(8)13-9(2)14(21)17(25-4)18(26-5)15(13)22/h6-7H,1-5H3,(H,23,24). The van der Waals surface area contributed by atoms with Gasteiger partial charge < -0.3 is 19.3 Å². The average molecular weight is 374 g/mol. The predicted molar refractivity (Wildman–Crippen MR) is 93.1 cm³/mol. The van der Waals surface area contributed by atoms with Gasteiger partial charge in [0.15, 0.2) is 5.75 Å². The quantitative estimate of drug-likeness (QED) is 0.473. The summed E-state index contributed by atoms with van der Waals surface area (Å²) >= 11 is 0. The minimum absolute atomic E-state index is 0.0247. The molecule has 0 atom stereocenters. The van der Waals surface area contributed by atoms with Crippen LogP contribution in [0.4, 0.5) is 0 Å². The van der Waals surface area contributed by atoms with E-state index in [1.807, 2.05) is 0 Å². The largest absolute Gasteiger partial charge is 0.489 e. The highest BCUT2D eigenvalue weighted by Gasteiger charge is 2.38. The van der Waals surface area contributed by atoms with E-state index in [4.69, 9.17) is 14.2 Å². The summed E-state index contributed by atoms with van der Waals surface area (Å²) in [6, 6.07) is 2.73. The number of methoxy groups -OCH3 is 2. The molecule has 0 unspecified atom stereocenters. The lowest BCUT2D eigenvalue weighted by atomic mass is 9.85. The molecule has 0 amide bonds. The van der Waals surface area contributed by atoms with E-state index < -0.39 is 23.5 Å². The van der Waals surface area contributed by atoms with Crippen LogP contribution in [0.5, 0.6) is 5.75 Å². The molecule has 142 valence electrons. The van der Waals surface area contributed by atoms with E-state index in [1.165, 1.54) is 33.3 Å². The Bertz CT molecular complexity index is 933. The highest BCUT2D eigenvalue weighted by molar-refractivity contribution is 6.39. The third kappa shape index (κ3) is 3.33. The maximum absolute atomic E-state index is 13.0. The number of rotatable bonds is 5. The molecule has 0 saturated carbocycles. The lowest BCUT2D eigenvalue weighted by molar-refractivity contribution is -0.132. The smallest absolute Gasteiger partial charge is 0.339 e. The molecule has 0 spiro atoms. The third-order valence-corrected chi connectivity index (χ3v) is 4.06. The number of allylic oxidation sites excluding steroid dienone is 2. The predicted octanol–water partition coefficient (Wildman–Crippen LogP) is 2.05. The lowest BCUT2D eigenvalue weighted by Gasteiger charge is -2.23. The van der Waals surface area contributed by atoms with E-state index in [-0.39, 0.29) is 39.5 Å². The van der Waals surface area contributed by atoms with Crippen molar-refractivity contribution >= 4 is 29.1 Å². The summed E-state index contributed by atoms with van der Waals surface area (Å²) in [4.78, 5) is 48.7. The molecule has 1 aliphatic carbocycles. The van der Waals surface area contributed by atoms with Crippen LogP contribution in [0.1, 0.15) is 35.3 Å². The molecule has 0 bridgehead atoms. The van der Waals surface area contributed by atoms with Gasteiger partial charge >= 0.3 is 11.9 Å². The van der Waals surface area contributed by atoms with Crippen molar-refractivity contribution in [1.29, 1.82) is 0 Å². The highest BCUT2D eigenvalue weighted by atomic mass is 16.5. The molecule has 1 aromatic carbocycles.